The normalized spacial score (nSPS) is 16.1. The first-order valence-electron chi connectivity index (χ1n) is 6.39. The van der Waals surface area contributed by atoms with Crippen LogP contribution >= 0.6 is 0 Å². The van der Waals surface area contributed by atoms with Crippen molar-refractivity contribution >= 4 is 5.91 Å². The Kier molecular flexibility index (Phi) is 4.20. The summed E-state index contributed by atoms with van der Waals surface area (Å²) >= 11 is 0. The molecule has 18 heavy (non-hydrogen) atoms. The second-order valence-corrected chi connectivity index (χ2v) is 4.89. The zero-order valence-corrected chi connectivity index (χ0v) is 10.5. The number of nitrogens with one attached hydrogen (secondary N) is 1. The molecule has 0 unspecified atom stereocenters. The van der Waals surface area contributed by atoms with Gasteiger partial charge in [-0.3, -0.25) is 4.79 Å². The molecule has 98 valence electrons. The Bertz CT molecular complexity index is 388. The maximum Gasteiger partial charge on any atom is 0.223 e. The standard InChI is InChI=1S/C14H20N2O2/c15-10-14(7-8-14)11-16-13(17)6-9-18-12-4-2-1-3-5-12/h1-5H,6-11,15H2,(H,16,17). The van der Waals surface area contributed by atoms with Gasteiger partial charge in [0, 0.05) is 6.54 Å². The minimum absolute atomic E-state index is 0.0330. The van der Waals surface area contributed by atoms with E-state index in [2.05, 4.69) is 5.32 Å². The van der Waals surface area contributed by atoms with Gasteiger partial charge in [-0.05, 0) is 36.9 Å². The second kappa shape index (κ2) is 5.87. The van der Waals surface area contributed by atoms with Crippen molar-refractivity contribution in [2.24, 2.45) is 11.1 Å². The van der Waals surface area contributed by atoms with Gasteiger partial charge in [0.15, 0.2) is 0 Å². The molecule has 3 N–H and O–H groups in total. The number of hydrogen-bond donors (Lipinski definition) is 2. The predicted octanol–water partition coefficient (Wildman–Crippen LogP) is 1.31. The molecule has 0 saturated heterocycles. The molecule has 4 heteroatoms. The summed E-state index contributed by atoms with van der Waals surface area (Å²) in [6, 6.07) is 9.51. The van der Waals surface area contributed by atoms with Crippen molar-refractivity contribution in [2.45, 2.75) is 19.3 Å². The van der Waals surface area contributed by atoms with Gasteiger partial charge >= 0.3 is 0 Å². The van der Waals surface area contributed by atoms with E-state index >= 15 is 0 Å². The third-order valence-electron chi connectivity index (χ3n) is 3.39. The number of para-hydroxylation sites is 1. The van der Waals surface area contributed by atoms with Crippen molar-refractivity contribution in [2.75, 3.05) is 19.7 Å². The largest absolute Gasteiger partial charge is 0.493 e. The quantitative estimate of drug-likeness (QED) is 0.764. The fourth-order valence-corrected chi connectivity index (χ4v) is 1.78. The van der Waals surface area contributed by atoms with Crippen LogP contribution in [0.5, 0.6) is 5.75 Å². The Hall–Kier alpha value is -1.55. The smallest absolute Gasteiger partial charge is 0.223 e. The number of carbonyl (C=O) groups excluding carboxylic acids is 1. The molecule has 1 fully saturated rings. The number of nitrogens with two attached hydrogens (primary N) is 1. The number of carbonyl (C=O) groups is 1. The molecule has 1 aliphatic rings. The third-order valence-corrected chi connectivity index (χ3v) is 3.39. The van der Waals surface area contributed by atoms with Crippen LogP contribution in [0.25, 0.3) is 0 Å². The Balaban J connectivity index is 1.60. The van der Waals surface area contributed by atoms with E-state index in [-0.39, 0.29) is 11.3 Å². The summed E-state index contributed by atoms with van der Waals surface area (Å²) in [6.07, 6.45) is 2.64. The van der Waals surface area contributed by atoms with E-state index in [1.807, 2.05) is 30.3 Å². The van der Waals surface area contributed by atoms with Crippen LogP contribution < -0.4 is 15.8 Å². The zero-order chi connectivity index (χ0) is 12.8. The molecule has 0 radical (unpaired) electrons. The Labute approximate surface area is 108 Å². The van der Waals surface area contributed by atoms with Gasteiger partial charge in [-0.2, -0.15) is 0 Å². The molecule has 0 aromatic heterocycles. The maximum atomic E-state index is 11.6. The summed E-state index contributed by atoms with van der Waals surface area (Å²) in [7, 11) is 0. The summed E-state index contributed by atoms with van der Waals surface area (Å²) in [5.74, 6) is 0.830. The fourth-order valence-electron chi connectivity index (χ4n) is 1.78. The molecule has 1 aromatic carbocycles. The molecule has 2 rings (SSSR count). The van der Waals surface area contributed by atoms with E-state index < -0.39 is 0 Å². The maximum absolute atomic E-state index is 11.6. The van der Waals surface area contributed by atoms with E-state index in [0.29, 0.717) is 26.1 Å². The number of ether oxygens (including phenoxy) is 1. The topological polar surface area (TPSA) is 64.3 Å². The molecule has 1 saturated carbocycles. The minimum Gasteiger partial charge on any atom is -0.493 e. The van der Waals surface area contributed by atoms with Crippen LogP contribution in [0.4, 0.5) is 0 Å². The molecule has 0 atom stereocenters. The van der Waals surface area contributed by atoms with Gasteiger partial charge in [0.25, 0.3) is 0 Å². The van der Waals surface area contributed by atoms with E-state index in [9.17, 15) is 4.79 Å². The summed E-state index contributed by atoms with van der Waals surface area (Å²) in [6.45, 7) is 1.77. The van der Waals surface area contributed by atoms with Crippen molar-refractivity contribution in [1.82, 2.24) is 5.32 Å². The number of amides is 1. The first kappa shape index (κ1) is 12.9. The monoisotopic (exact) mass is 248 g/mol. The van der Waals surface area contributed by atoms with E-state index in [1.54, 1.807) is 0 Å². The lowest BCUT2D eigenvalue weighted by atomic mass is 10.1. The SMILES string of the molecule is NCC1(CNC(=O)CCOc2ccccc2)CC1. The summed E-state index contributed by atoms with van der Waals surface area (Å²) in [5.41, 5.74) is 5.85. The predicted molar refractivity (Wildman–Crippen MR) is 70.3 cm³/mol. The lowest BCUT2D eigenvalue weighted by Gasteiger charge is -2.13. The van der Waals surface area contributed by atoms with Crippen molar-refractivity contribution in [3.63, 3.8) is 0 Å². The highest BCUT2D eigenvalue weighted by Crippen LogP contribution is 2.43. The number of benzene rings is 1. The first-order chi connectivity index (χ1) is 8.74. The molecule has 4 nitrogen and oxygen atoms in total. The van der Waals surface area contributed by atoms with Gasteiger partial charge in [-0.1, -0.05) is 18.2 Å². The highest BCUT2D eigenvalue weighted by atomic mass is 16.5. The van der Waals surface area contributed by atoms with Crippen LogP contribution in [0.1, 0.15) is 19.3 Å². The van der Waals surface area contributed by atoms with Crippen molar-refractivity contribution < 1.29 is 9.53 Å². The van der Waals surface area contributed by atoms with Crippen LogP contribution in [-0.4, -0.2) is 25.6 Å². The van der Waals surface area contributed by atoms with Crippen LogP contribution in [0.3, 0.4) is 0 Å². The minimum atomic E-state index is 0.0330. The highest BCUT2D eigenvalue weighted by Gasteiger charge is 2.41. The van der Waals surface area contributed by atoms with E-state index in [1.165, 1.54) is 0 Å². The molecular formula is C14H20N2O2. The average Bonchev–Trinajstić information content (AvgIpc) is 3.18. The second-order valence-electron chi connectivity index (χ2n) is 4.89. The zero-order valence-electron chi connectivity index (χ0n) is 10.5. The average molecular weight is 248 g/mol. The Morgan fingerprint density at radius 2 is 2.06 bits per heavy atom. The van der Waals surface area contributed by atoms with Gasteiger partial charge in [0.2, 0.25) is 5.91 Å². The third kappa shape index (κ3) is 3.74. The van der Waals surface area contributed by atoms with Gasteiger partial charge in [0.1, 0.15) is 5.75 Å². The highest BCUT2D eigenvalue weighted by molar-refractivity contribution is 5.76. The lowest BCUT2D eigenvalue weighted by molar-refractivity contribution is -0.121. The van der Waals surface area contributed by atoms with Crippen molar-refractivity contribution in [3.8, 4) is 5.75 Å². The number of hydrogen-bond acceptors (Lipinski definition) is 3. The van der Waals surface area contributed by atoms with Crippen molar-refractivity contribution in [1.29, 1.82) is 0 Å². The fraction of sp³-hybridized carbons (Fsp3) is 0.500. The van der Waals surface area contributed by atoms with Crippen LogP contribution in [0.2, 0.25) is 0 Å². The molecular weight excluding hydrogens is 228 g/mol. The molecule has 0 bridgehead atoms. The lowest BCUT2D eigenvalue weighted by Crippen LogP contribution is -2.34. The summed E-state index contributed by atoms with van der Waals surface area (Å²) in [5, 5.41) is 2.92. The molecule has 1 aromatic rings. The van der Waals surface area contributed by atoms with Crippen molar-refractivity contribution in [3.05, 3.63) is 30.3 Å². The van der Waals surface area contributed by atoms with Gasteiger partial charge in [-0.25, -0.2) is 0 Å². The molecule has 1 amide bonds. The molecule has 0 aliphatic heterocycles. The van der Waals surface area contributed by atoms with Crippen LogP contribution in [0.15, 0.2) is 30.3 Å². The van der Waals surface area contributed by atoms with E-state index in [4.69, 9.17) is 10.5 Å². The van der Waals surface area contributed by atoms with E-state index in [0.717, 1.165) is 18.6 Å². The van der Waals surface area contributed by atoms with Crippen LogP contribution in [0, 0.1) is 5.41 Å². The van der Waals surface area contributed by atoms with Gasteiger partial charge in [-0.15, -0.1) is 0 Å². The summed E-state index contributed by atoms with van der Waals surface area (Å²) < 4.78 is 5.47. The number of rotatable bonds is 7. The molecule has 1 aliphatic carbocycles. The van der Waals surface area contributed by atoms with Crippen LogP contribution in [-0.2, 0) is 4.79 Å². The first-order valence-corrected chi connectivity index (χ1v) is 6.39. The molecule has 0 heterocycles. The van der Waals surface area contributed by atoms with Gasteiger partial charge in [0.05, 0.1) is 13.0 Å². The Morgan fingerprint density at radius 1 is 1.33 bits per heavy atom. The van der Waals surface area contributed by atoms with Gasteiger partial charge < -0.3 is 15.8 Å². The Morgan fingerprint density at radius 3 is 2.67 bits per heavy atom. The molecule has 0 spiro atoms. The summed E-state index contributed by atoms with van der Waals surface area (Å²) in [4.78, 5) is 11.6.